The lowest BCUT2D eigenvalue weighted by Gasteiger charge is -2.37. The number of alkyl halides is 3. The van der Waals surface area contributed by atoms with Crippen molar-refractivity contribution in [3.05, 3.63) is 59.4 Å². The summed E-state index contributed by atoms with van der Waals surface area (Å²) in [6.45, 7) is 11.0. The van der Waals surface area contributed by atoms with Crippen LogP contribution in [0.15, 0.2) is 47.6 Å². The Morgan fingerprint density at radius 2 is 1.76 bits per heavy atom. The van der Waals surface area contributed by atoms with Crippen molar-refractivity contribution in [3.63, 3.8) is 0 Å². The highest BCUT2D eigenvalue weighted by Crippen LogP contribution is 2.65. The molecule has 2 N–H and O–H groups in total. The molecule has 2 heterocycles. The molecule has 1 saturated heterocycles. The SMILES string of the molecule is Cc1ccc(S(=O)(=O)N[C@H](C(=O)N2C[C@H]3[C@@H]([C@H]2C(=O)NC(C#N)c2cncc(C(F)(F)F)c2)C3(C)C)C(C)(C)C)cc1. The van der Waals surface area contributed by atoms with Crippen molar-refractivity contribution in [2.24, 2.45) is 22.7 Å². The van der Waals surface area contributed by atoms with Gasteiger partial charge in [-0.2, -0.15) is 23.2 Å². The molecule has 1 saturated carbocycles. The zero-order valence-corrected chi connectivity index (χ0v) is 25.0. The number of nitrogens with zero attached hydrogens (tertiary/aromatic N) is 3. The van der Waals surface area contributed by atoms with Crippen LogP contribution in [0.3, 0.4) is 0 Å². The van der Waals surface area contributed by atoms with Crippen molar-refractivity contribution < 1.29 is 31.2 Å². The first-order chi connectivity index (χ1) is 19.3. The molecule has 1 aliphatic carbocycles. The van der Waals surface area contributed by atoms with E-state index in [0.29, 0.717) is 6.20 Å². The first-order valence-corrected chi connectivity index (χ1v) is 14.9. The molecule has 1 unspecified atom stereocenters. The molecule has 2 fully saturated rings. The number of likely N-dealkylation sites (tertiary alicyclic amines) is 1. The van der Waals surface area contributed by atoms with Gasteiger partial charge in [-0.3, -0.25) is 14.6 Å². The fraction of sp³-hybridized carbons (Fsp3) is 0.517. The molecule has 0 spiro atoms. The molecular weight excluding hydrogens is 571 g/mol. The summed E-state index contributed by atoms with van der Waals surface area (Å²) in [6, 6.07) is 4.98. The number of carbonyl (C=O) groups excluding carboxylic acids is 2. The van der Waals surface area contributed by atoms with Crippen LogP contribution in [0.25, 0.3) is 0 Å². The number of amides is 2. The molecule has 5 atom stereocenters. The minimum Gasteiger partial charge on any atom is -0.335 e. The Balaban J connectivity index is 1.62. The van der Waals surface area contributed by atoms with Crippen LogP contribution in [0.5, 0.6) is 0 Å². The standard InChI is InChI=1S/C29H34F3N5O4S/c1-16-7-9-19(10-8-16)42(40,41)36-24(27(2,3)4)26(39)37-15-20-22(28(20,5)6)23(37)25(38)35-21(12-33)17-11-18(14-34-13-17)29(30,31)32/h7-11,13-14,20-24,36H,15H2,1-6H3,(H,35,38)/t20-,21?,22-,23-,24+/m0/s1. The van der Waals surface area contributed by atoms with Gasteiger partial charge < -0.3 is 10.2 Å². The summed E-state index contributed by atoms with van der Waals surface area (Å²) < 4.78 is 68.8. The van der Waals surface area contributed by atoms with Crippen LogP contribution in [0.2, 0.25) is 0 Å². The smallest absolute Gasteiger partial charge is 0.335 e. The highest BCUT2D eigenvalue weighted by atomic mass is 32.2. The zero-order valence-electron chi connectivity index (χ0n) is 24.2. The summed E-state index contributed by atoms with van der Waals surface area (Å²) in [4.78, 5) is 32.6. The van der Waals surface area contributed by atoms with E-state index in [9.17, 15) is 36.4 Å². The normalized spacial score (nSPS) is 23.0. The molecule has 0 radical (unpaired) electrons. The van der Waals surface area contributed by atoms with Gasteiger partial charge in [0.2, 0.25) is 21.8 Å². The summed E-state index contributed by atoms with van der Waals surface area (Å²) in [5.41, 5.74) is -1.55. The first kappa shape index (κ1) is 31.4. The highest BCUT2D eigenvalue weighted by molar-refractivity contribution is 7.89. The molecule has 226 valence electrons. The van der Waals surface area contributed by atoms with Crippen LogP contribution < -0.4 is 10.0 Å². The molecule has 0 bridgehead atoms. The topological polar surface area (TPSA) is 132 Å². The summed E-state index contributed by atoms with van der Waals surface area (Å²) in [7, 11) is -4.11. The van der Waals surface area contributed by atoms with Crippen molar-refractivity contribution in [1.29, 1.82) is 5.26 Å². The Bertz CT molecular complexity index is 1530. The Hall–Kier alpha value is -3.50. The predicted molar refractivity (Wildman–Crippen MR) is 147 cm³/mol. The Morgan fingerprint density at radius 3 is 2.31 bits per heavy atom. The number of benzene rings is 1. The summed E-state index contributed by atoms with van der Waals surface area (Å²) >= 11 is 0. The number of nitriles is 1. The van der Waals surface area contributed by atoms with E-state index in [2.05, 4.69) is 15.0 Å². The first-order valence-electron chi connectivity index (χ1n) is 13.4. The number of hydrogen-bond acceptors (Lipinski definition) is 6. The van der Waals surface area contributed by atoms with E-state index in [-0.39, 0.29) is 34.3 Å². The molecule has 1 aromatic carbocycles. The van der Waals surface area contributed by atoms with Gasteiger partial charge >= 0.3 is 6.18 Å². The van der Waals surface area contributed by atoms with Crippen LogP contribution in [0, 0.1) is 40.9 Å². The minimum atomic E-state index is -4.69. The molecule has 4 rings (SSSR count). The maximum Gasteiger partial charge on any atom is 0.417 e. The number of carbonyl (C=O) groups is 2. The third-order valence-electron chi connectivity index (χ3n) is 8.31. The second-order valence-electron chi connectivity index (χ2n) is 12.7. The molecular formula is C29H34F3N5O4S. The Morgan fingerprint density at radius 1 is 1.14 bits per heavy atom. The molecule has 2 aliphatic rings. The van der Waals surface area contributed by atoms with Gasteiger partial charge in [0.25, 0.3) is 0 Å². The lowest BCUT2D eigenvalue weighted by molar-refractivity contribution is -0.143. The van der Waals surface area contributed by atoms with Crippen LogP contribution in [-0.2, 0) is 25.8 Å². The van der Waals surface area contributed by atoms with E-state index in [1.807, 2.05) is 26.8 Å². The van der Waals surface area contributed by atoms with Crippen LogP contribution in [0.4, 0.5) is 13.2 Å². The molecule has 2 amide bonds. The molecule has 1 aliphatic heterocycles. The maximum absolute atomic E-state index is 14.0. The van der Waals surface area contributed by atoms with Crippen molar-refractivity contribution in [2.45, 2.75) is 70.7 Å². The van der Waals surface area contributed by atoms with Gasteiger partial charge in [0.05, 0.1) is 16.5 Å². The Kier molecular flexibility index (Phi) is 7.97. The monoisotopic (exact) mass is 605 g/mol. The van der Waals surface area contributed by atoms with Crippen LogP contribution >= 0.6 is 0 Å². The third-order valence-corrected chi connectivity index (χ3v) is 9.75. The average Bonchev–Trinajstić information content (AvgIpc) is 3.22. The fourth-order valence-electron chi connectivity index (χ4n) is 5.71. The predicted octanol–water partition coefficient (Wildman–Crippen LogP) is 3.97. The highest BCUT2D eigenvalue weighted by Gasteiger charge is 2.69. The van der Waals surface area contributed by atoms with Gasteiger partial charge in [0, 0.05) is 24.5 Å². The van der Waals surface area contributed by atoms with E-state index < -0.39 is 57.1 Å². The number of pyridine rings is 1. The number of fused-ring (bicyclic) bond motifs is 1. The molecule has 42 heavy (non-hydrogen) atoms. The van der Waals surface area contributed by atoms with E-state index in [4.69, 9.17) is 0 Å². The van der Waals surface area contributed by atoms with Crippen LogP contribution in [0.1, 0.15) is 57.4 Å². The third kappa shape index (κ3) is 6.01. The van der Waals surface area contributed by atoms with Crippen molar-refractivity contribution >= 4 is 21.8 Å². The van der Waals surface area contributed by atoms with Gasteiger partial charge in [0.15, 0.2) is 0 Å². The number of rotatable bonds is 7. The van der Waals surface area contributed by atoms with E-state index >= 15 is 0 Å². The van der Waals surface area contributed by atoms with Gasteiger partial charge in [-0.25, -0.2) is 8.42 Å². The summed E-state index contributed by atoms with van der Waals surface area (Å²) in [5.74, 6) is -1.65. The summed E-state index contributed by atoms with van der Waals surface area (Å²) in [6.07, 6.45) is -3.00. The molecule has 13 heteroatoms. The number of sulfonamides is 1. The van der Waals surface area contributed by atoms with Crippen molar-refractivity contribution in [3.8, 4) is 6.07 Å². The van der Waals surface area contributed by atoms with E-state index in [1.54, 1.807) is 32.9 Å². The number of nitrogens with one attached hydrogen (secondary N) is 2. The van der Waals surface area contributed by atoms with Crippen LogP contribution in [-0.4, -0.2) is 48.7 Å². The lowest BCUT2D eigenvalue weighted by atomic mass is 9.86. The maximum atomic E-state index is 14.0. The molecule has 1 aromatic heterocycles. The number of piperidine rings is 1. The zero-order chi connectivity index (χ0) is 31.4. The largest absolute Gasteiger partial charge is 0.417 e. The van der Waals surface area contributed by atoms with Gasteiger partial charge in [0.1, 0.15) is 18.1 Å². The second kappa shape index (κ2) is 10.6. The average molecular weight is 606 g/mol. The van der Waals surface area contributed by atoms with Gasteiger partial charge in [-0.1, -0.05) is 52.3 Å². The quantitative estimate of drug-likeness (QED) is 0.491. The second-order valence-corrected chi connectivity index (χ2v) is 14.4. The Labute approximate surface area is 243 Å². The number of halogens is 3. The number of aromatic nitrogens is 1. The number of hydrogen-bond donors (Lipinski definition) is 2. The minimum absolute atomic E-state index is 0.0126. The molecule has 2 aromatic rings. The van der Waals surface area contributed by atoms with Gasteiger partial charge in [-0.05, 0) is 47.8 Å². The van der Waals surface area contributed by atoms with Gasteiger partial charge in [-0.15, -0.1) is 0 Å². The van der Waals surface area contributed by atoms with E-state index in [0.717, 1.165) is 17.8 Å². The lowest BCUT2D eigenvalue weighted by Crippen LogP contribution is -2.59. The van der Waals surface area contributed by atoms with E-state index in [1.165, 1.54) is 17.0 Å². The number of aryl methyl sites for hydroxylation is 1. The van der Waals surface area contributed by atoms with Crippen molar-refractivity contribution in [1.82, 2.24) is 19.9 Å². The molecule has 9 nitrogen and oxygen atoms in total. The fourth-order valence-corrected chi connectivity index (χ4v) is 7.10. The summed E-state index contributed by atoms with van der Waals surface area (Å²) in [5, 5.41) is 12.2. The van der Waals surface area contributed by atoms with Crippen molar-refractivity contribution in [2.75, 3.05) is 6.54 Å².